The molecule has 0 aromatic carbocycles. The SMILES string of the molecule is C[C@@H]1C[C@H]([C@H](OC(N)=O)C(C)(C)O)O[C@H]2[C@H]1[C@@]1(C)CC[C@@]34C[C@@]35CC[C@H](O[C@H]3CN(C6COC6)CCO3)C(C)(C)[C@@H]5CCC4[C@]1(C)[C@H]2O. The van der Waals surface area contributed by atoms with Crippen molar-refractivity contribution in [3.8, 4) is 0 Å². The minimum absolute atomic E-state index is 0.0409. The molecule has 0 radical (unpaired) electrons. The minimum Gasteiger partial charge on any atom is -0.441 e. The third-order valence-corrected chi connectivity index (χ3v) is 16.6. The fraction of sp³-hybridized carbons (Fsp3) is 0.974. The van der Waals surface area contributed by atoms with E-state index < -0.39 is 30.0 Å². The number of carbonyl (C=O) groups excluding carboxylic acids is 1. The molecular weight excluding hydrogens is 612 g/mol. The molecule has 0 bridgehead atoms. The standard InChI is InChI=1S/C38H62N2O8/c1-21-16-23(31(34(4,5)43)48-32(39)42)46-29-28(21)35(6)12-13-38-20-37(38)11-10-26(47-27-17-40(14-15-45-27)22-18-44-19-22)33(2,3)24(37)8-9-25(38)36(35,7)30(29)41/h21-31,41,43H,8-20H2,1-7H3,(H2,39,42)/t21-,23-,24+,25?,26+,27+,28+,29+,30+,31+,35-,36-,37-,38+/m1/s1. The summed E-state index contributed by atoms with van der Waals surface area (Å²) >= 11 is 0. The first-order chi connectivity index (χ1) is 22.5. The molecule has 0 aromatic heterocycles. The Morgan fingerprint density at radius 1 is 1.04 bits per heavy atom. The van der Waals surface area contributed by atoms with Gasteiger partial charge in [0, 0.05) is 12.0 Å². The number of fused-ring (bicyclic) bond motifs is 4. The number of morpholine rings is 1. The van der Waals surface area contributed by atoms with Crippen LogP contribution in [0.25, 0.3) is 0 Å². The molecule has 4 N–H and O–H groups in total. The van der Waals surface area contributed by atoms with E-state index in [1.165, 1.54) is 19.3 Å². The van der Waals surface area contributed by atoms with E-state index >= 15 is 0 Å². The molecule has 0 aromatic rings. The van der Waals surface area contributed by atoms with Gasteiger partial charge in [0.2, 0.25) is 0 Å². The molecule has 1 unspecified atom stereocenters. The number of hydrogen-bond acceptors (Lipinski definition) is 9. The van der Waals surface area contributed by atoms with Crippen molar-refractivity contribution in [3.63, 3.8) is 0 Å². The van der Waals surface area contributed by atoms with Crippen LogP contribution in [0.1, 0.15) is 99.8 Å². The van der Waals surface area contributed by atoms with E-state index in [0.717, 1.165) is 52.0 Å². The summed E-state index contributed by atoms with van der Waals surface area (Å²) in [5.74, 6) is 1.44. The summed E-state index contributed by atoms with van der Waals surface area (Å²) in [5.41, 5.74) is 4.34. The van der Waals surface area contributed by atoms with Crippen LogP contribution < -0.4 is 5.73 Å². The molecule has 8 fully saturated rings. The van der Waals surface area contributed by atoms with Gasteiger partial charge in [0.1, 0.15) is 0 Å². The monoisotopic (exact) mass is 674 g/mol. The molecule has 48 heavy (non-hydrogen) atoms. The normalized spacial score (nSPS) is 52.1. The second-order valence-corrected chi connectivity index (χ2v) is 19.2. The van der Waals surface area contributed by atoms with Crippen molar-refractivity contribution in [1.29, 1.82) is 0 Å². The highest BCUT2D eigenvalue weighted by atomic mass is 16.7. The van der Waals surface area contributed by atoms with Crippen molar-refractivity contribution in [3.05, 3.63) is 0 Å². The van der Waals surface area contributed by atoms with Crippen LogP contribution in [-0.4, -0.2) is 103 Å². The average Bonchev–Trinajstić information content (AvgIpc) is 3.61. The lowest BCUT2D eigenvalue weighted by Gasteiger charge is -2.64. The fourth-order valence-electron chi connectivity index (χ4n) is 14.2. The third-order valence-electron chi connectivity index (χ3n) is 16.6. The van der Waals surface area contributed by atoms with Gasteiger partial charge in [-0.2, -0.15) is 0 Å². The lowest BCUT2D eigenvalue weighted by molar-refractivity contribution is -0.256. The van der Waals surface area contributed by atoms with Crippen molar-refractivity contribution >= 4 is 6.09 Å². The number of aliphatic hydroxyl groups is 2. The molecule has 3 aliphatic heterocycles. The first kappa shape index (κ1) is 34.1. The van der Waals surface area contributed by atoms with Crippen molar-refractivity contribution < 1.29 is 38.7 Å². The van der Waals surface area contributed by atoms with Crippen LogP contribution in [0.15, 0.2) is 0 Å². The second-order valence-electron chi connectivity index (χ2n) is 19.2. The topological polar surface area (TPSA) is 133 Å². The first-order valence-electron chi connectivity index (χ1n) is 19.1. The predicted octanol–water partition coefficient (Wildman–Crippen LogP) is 4.48. The molecule has 8 aliphatic rings. The number of carbonyl (C=O) groups is 1. The number of ether oxygens (including phenoxy) is 5. The summed E-state index contributed by atoms with van der Waals surface area (Å²) in [6, 6.07) is 0.503. The molecule has 10 heteroatoms. The summed E-state index contributed by atoms with van der Waals surface area (Å²) < 4.78 is 30.8. The molecule has 3 saturated heterocycles. The summed E-state index contributed by atoms with van der Waals surface area (Å²) in [6.07, 6.45) is 5.39. The van der Waals surface area contributed by atoms with Gasteiger partial charge in [0.05, 0.1) is 62.4 Å². The van der Waals surface area contributed by atoms with Crippen molar-refractivity contribution in [2.45, 2.75) is 148 Å². The molecule has 272 valence electrons. The summed E-state index contributed by atoms with van der Waals surface area (Å²) in [5, 5.41) is 23.5. The number of hydrogen-bond donors (Lipinski definition) is 3. The molecule has 8 rings (SSSR count). The van der Waals surface area contributed by atoms with Gasteiger partial charge >= 0.3 is 6.09 Å². The maximum atomic E-state index is 12.6. The zero-order valence-electron chi connectivity index (χ0n) is 30.4. The van der Waals surface area contributed by atoms with Gasteiger partial charge < -0.3 is 39.6 Å². The number of nitrogens with two attached hydrogens (primary N) is 1. The van der Waals surface area contributed by atoms with Crippen LogP contribution >= 0.6 is 0 Å². The van der Waals surface area contributed by atoms with Gasteiger partial charge in [-0.25, -0.2) is 4.79 Å². The molecule has 10 nitrogen and oxygen atoms in total. The highest BCUT2D eigenvalue weighted by Crippen LogP contribution is 2.89. The molecule has 5 saturated carbocycles. The number of rotatable bonds is 6. The molecule has 1 amide bonds. The Morgan fingerprint density at radius 3 is 2.42 bits per heavy atom. The summed E-state index contributed by atoms with van der Waals surface area (Å²) in [7, 11) is 0. The van der Waals surface area contributed by atoms with E-state index in [9.17, 15) is 15.0 Å². The Kier molecular flexibility index (Phi) is 7.81. The highest BCUT2D eigenvalue weighted by Gasteiger charge is 2.84. The van der Waals surface area contributed by atoms with Crippen LogP contribution in [-0.2, 0) is 23.7 Å². The highest BCUT2D eigenvalue weighted by molar-refractivity contribution is 5.65. The Bertz CT molecular complexity index is 1290. The maximum absolute atomic E-state index is 12.6. The zero-order chi connectivity index (χ0) is 34.2. The fourth-order valence-corrected chi connectivity index (χ4v) is 14.2. The Balaban J connectivity index is 1.03. The van der Waals surface area contributed by atoms with E-state index in [-0.39, 0.29) is 52.0 Å². The Labute approximate surface area is 287 Å². The quantitative estimate of drug-likeness (QED) is 0.373. The molecular formula is C38H62N2O8. The average molecular weight is 675 g/mol. The molecule has 5 aliphatic carbocycles. The lowest BCUT2D eigenvalue weighted by atomic mass is 9.41. The van der Waals surface area contributed by atoms with Gasteiger partial charge in [0.15, 0.2) is 12.4 Å². The maximum Gasteiger partial charge on any atom is 0.404 e. The Morgan fingerprint density at radius 2 is 1.75 bits per heavy atom. The van der Waals surface area contributed by atoms with Crippen LogP contribution in [0.3, 0.4) is 0 Å². The van der Waals surface area contributed by atoms with E-state index in [1.54, 1.807) is 13.8 Å². The summed E-state index contributed by atoms with van der Waals surface area (Å²) in [6.45, 7) is 19.4. The second kappa shape index (κ2) is 11.0. The number of aliphatic hydroxyl groups excluding tert-OH is 1. The van der Waals surface area contributed by atoms with E-state index in [0.29, 0.717) is 36.3 Å². The van der Waals surface area contributed by atoms with E-state index in [2.05, 4.69) is 39.5 Å². The van der Waals surface area contributed by atoms with E-state index in [1.807, 2.05) is 0 Å². The van der Waals surface area contributed by atoms with Crippen LogP contribution in [0.4, 0.5) is 4.79 Å². The van der Waals surface area contributed by atoms with Crippen molar-refractivity contribution in [1.82, 2.24) is 4.90 Å². The van der Waals surface area contributed by atoms with Crippen molar-refractivity contribution in [2.75, 3.05) is 32.9 Å². The lowest BCUT2D eigenvalue weighted by Crippen LogP contribution is -2.60. The van der Waals surface area contributed by atoms with E-state index in [4.69, 9.17) is 29.4 Å². The van der Waals surface area contributed by atoms with Gasteiger partial charge in [-0.3, -0.25) is 4.90 Å². The predicted molar refractivity (Wildman–Crippen MR) is 178 cm³/mol. The van der Waals surface area contributed by atoms with Gasteiger partial charge in [0.25, 0.3) is 0 Å². The number of amides is 1. The zero-order valence-corrected chi connectivity index (χ0v) is 30.4. The van der Waals surface area contributed by atoms with Gasteiger partial charge in [-0.1, -0.05) is 34.6 Å². The molecule has 3 heterocycles. The Hall–Kier alpha value is -1.01. The first-order valence-corrected chi connectivity index (χ1v) is 19.1. The van der Waals surface area contributed by atoms with Crippen LogP contribution in [0, 0.1) is 50.7 Å². The van der Waals surface area contributed by atoms with Crippen LogP contribution in [0.2, 0.25) is 0 Å². The van der Waals surface area contributed by atoms with Gasteiger partial charge in [-0.15, -0.1) is 0 Å². The molecule has 2 spiro atoms. The molecule has 14 atom stereocenters. The number of nitrogens with zero attached hydrogens (tertiary/aromatic N) is 1. The smallest absolute Gasteiger partial charge is 0.404 e. The van der Waals surface area contributed by atoms with Gasteiger partial charge in [-0.05, 0) is 111 Å². The largest absolute Gasteiger partial charge is 0.441 e. The minimum atomic E-state index is -1.33. The third kappa shape index (κ3) is 4.51. The summed E-state index contributed by atoms with van der Waals surface area (Å²) in [4.78, 5) is 14.4. The van der Waals surface area contributed by atoms with Crippen LogP contribution in [0.5, 0.6) is 0 Å². The number of primary amides is 1. The van der Waals surface area contributed by atoms with Crippen molar-refractivity contribution in [2.24, 2.45) is 56.5 Å².